The van der Waals surface area contributed by atoms with Gasteiger partial charge in [0.05, 0.1) is 16.8 Å². The average molecular weight is 341 g/mol. The van der Waals surface area contributed by atoms with Crippen LogP contribution in [0.15, 0.2) is 59.6 Å². The lowest BCUT2D eigenvalue weighted by Crippen LogP contribution is -2.35. The number of hydrogen-bond donors (Lipinski definition) is 0. The summed E-state index contributed by atoms with van der Waals surface area (Å²) in [5, 5.41) is 1.52. The number of carbonyl (C=O) groups excluding carboxylic acids is 1. The number of nitrogens with zero attached hydrogens (tertiary/aromatic N) is 2. The van der Waals surface area contributed by atoms with Crippen LogP contribution in [-0.2, 0) is 0 Å². The fraction of sp³-hybridized carbons (Fsp3) is 0.111. The molecule has 0 radical (unpaired) electrons. The average Bonchev–Trinajstić information content (AvgIpc) is 2.60. The molecule has 114 valence electrons. The van der Waals surface area contributed by atoms with E-state index in [-0.39, 0.29) is 5.91 Å². The molecule has 0 aliphatic carbocycles. The third-order valence-corrected chi connectivity index (χ3v) is 5.19. The first-order valence-electron chi connectivity index (χ1n) is 7.32. The van der Waals surface area contributed by atoms with Crippen LogP contribution in [0.4, 0.5) is 5.69 Å². The Kier molecular flexibility index (Phi) is 3.71. The van der Waals surface area contributed by atoms with Gasteiger partial charge in [-0.05, 0) is 30.3 Å². The Morgan fingerprint density at radius 1 is 1.17 bits per heavy atom. The van der Waals surface area contributed by atoms with Gasteiger partial charge in [-0.25, -0.2) is 0 Å². The Bertz CT molecular complexity index is 907. The van der Waals surface area contributed by atoms with Crippen LogP contribution < -0.4 is 4.90 Å². The summed E-state index contributed by atoms with van der Waals surface area (Å²) in [5.74, 6) is 0.871. The van der Waals surface area contributed by atoms with Gasteiger partial charge in [0.25, 0.3) is 5.91 Å². The molecule has 1 amide bonds. The van der Waals surface area contributed by atoms with E-state index in [1.807, 2.05) is 47.4 Å². The smallest absolute Gasteiger partial charge is 0.259 e. The zero-order valence-electron chi connectivity index (χ0n) is 12.2. The summed E-state index contributed by atoms with van der Waals surface area (Å²) in [7, 11) is 0. The number of hydrogen-bond acceptors (Lipinski definition) is 3. The Balaban J connectivity index is 1.83. The highest BCUT2D eigenvalue weighted by atomic mass is 35.5. The molecule has 3 aromatic rings. The second kappa shape index (κ2) is 5.87. The van der Waals surface area contributed by atoms with Gasteiger partial charge in [0, 0.05) is 33.8 Å². The molecule has 0 fully saturated rings. The van der Waals surface area contributed by atoms with Crippen molar-refractivity contribution in [1.29, 1.82) is 0 Å². The van der Waals surface area contributed by atoms with Crippen molar-refractivity contribution in [3.8, 4) is 0 Å². The molecule has 3 nitrogen and oxygen atoms in total. The first kappa shape index (κ1) is 14.5. The summed E-state index contributed by atoms with van der Waals surface area (Å²) in [6, 6.07) is 15.2. The Morgan fingerprint density at radius 3 is 2.96 bits per heavy atom. The van der Waals surface area contributed by atoms with Crippen LogP contribution in [0.5, 0.6) is 0 Å². The second-order valence-electron chi connectivity index (χ2n) is 5.29. The number of rotatable bonds is 1. The molecule has 0 unspecified atom stereocenters. The molecule has 2 aromatic carbocycles. The van der Waals surface area contributed by atoms with Crippen molar-refractivity contribution in [3.05, 3.63) is 65.3 Å². The lowest BCUT2D eigenvalue weighted by atomic mass is 10.1. The first-order chi connectivity index (χ1) is 11.2. The van der Waals surface area contributed by atoms with Crippen molar-refractivity contribution < 1.29 is 4.79 Å². The highest BCUT2D eigenvalue weighted by Crippen LogP contribution is 2.37. The van der Waals surface area contributed by atoms with Crippen molar-refractivity contribution in [1.82, 2.24) is 4.98 Å². The molecule has 0 saturated heterocycles. The minimum absolute atomic E-state index is 0.00702. The lowest BCUT2D eigenvalue weighted by molar-refractivity contribution is 0.0989. The fourth-order valence-corrected chi connectivity index (χ4v) is 3.97. The molecule has 23 heavy (non-hydrogen) atoms. The van der Waals surface area contributed by atoms with Crippen molar-refractivity contribution in [2.75, 3.05) is 17.2 Å². The number of benzene rings is 2. The predicted molar refractivity (Wildman–Crippen MR) is 95.6 cm³/mol. The minimum Gasteiger partial charge on any atom is -0.306 e. The molecule has 0 atom stereocenters. The van der Waals surface area contributed by atoms with Crippen molar-refractivity contribution in [2.45, 2.75) is 4.90 Å². The third kappa shape index (κ3) is 2.58. The van der Waals surface area contributed by atoms with Gasteiger partial charge in [-0.1, -0.05) is 29.8 Å². The maximum absolute atomic E-state index is 13.1. The Labute approximate surface area is 143 Å². The summed E-state index contributed by atoms with van der Waals surface area (Å²) in [4.78, 5) is 20.4. The van der Waals surface area contributed by atoms with E-state index in [0.717, 1.165) is 27.2 Å². The van der Waals surface area contributed by atoms with Gasteiger partial charge in [0.1, 0.15) is 0 Å². The topological polar surface area (TPSA) is 33.2 Å². The summed E-state index contributed by atoms with van der Waals surface area (Å²) in [6.07, 6.45) is 1.69. The fourth-order valence-electron chi connectivity index (χ4n) is 2.83. The Morgan fingerprint density at radius 2 is 2.04 bits per heavy atom. The van der Waals surface area contributed by atoms with Gasteiger partial charge in [-0.2, -0.15) is 0 Å². The molecular formula is C18H13ClN2OS. The van der Waals surface area contributed by atoms with E-state index in [2.05, 4.69) is 4.98 Å². The maximum atomic E-state index is 13.1. The summed E-state index contributed by atoms with van der Waals surface area (Å²) < 4.78 is 0. The Hall–Kier alpha value is -2.04. The van der Waals surface area contributed by atoms with Crippen molar-refractivity contribution >= 4 is 45.9 Å². The van der Waals surface area contributed by atoms with Gasteiger partial charge in [-0.15, -0.1) is 11.8 Å². The number of pyridine rings is 1. The molecule has 4 rings (SSSR count). The summed E-state index contributed by atoms with van der Waals surface area (Å²) in [6.45, 7) is 0.674. The molecule has 0 bridgehead atoms. The van der Waals surface area contributed by atoms with E-state index < -0.39 is 0 Å². The molecule has 0 N–H and O–H groups in total. The minimum atomic E-state index is -0.00702. The highest BCUT2D eigenvalue weighted by molar-refractivity contribution is 7.99. The van der Waals surface area contributed by atoms with Gasteiger partial charge in [0.2, 0.25) is 0 Å². The largest absolute Gasteiger partial charge is 0.306 e. The summed E-state index contributed by atoms with van der Waals surface area (Å²) >= 11 is 7.88. The van der Waals surface area contributed by atoms with Gasteiger partial charge in [0.15, 0.2) is 0 Å². The molecule has 0 saturated carbocycles. The van der Waals surface area contributed by atoms with E-state index in [1.165, 1.54) is 0 Å². The molecular weight excluding hydrogens is 328 g/mol. The zero-order valence-corrected chi connectivity index (χ0v) is 13.8. The van der Waals surface area contributed by atoms with E-state index in [4.69, 9.17) is 11.6 Å². The molecule has 1 aromatic heterocycles. The number of thioether (sulfide) groups is 1. The standard InChI is InChI=1S/C18H13ClN2OS/c19-12-5-6-17-16(11-12)21(9-10-23-17)18(22)14-7-8-20-15-4-2-1-3-13(14)15/h1-8,11H,9-10H2. The number of amides is 1. The van der Waals surface area contributed by atoms with Gasteiger partial charge < -0.3 is 4.90 Å². The van der Waals surface area contributed by atoms with E-state index >= 15 is 0 Å². The van der Waals surface area contributed by atoms with Crippen LogP contribution in [0.3, 0.4) is 0 Å². The SMILES string of the molecule is O=C(c1ccnc2ccccc12)N1CCSc2ccc(Cl)cc21. The molecule has 1 aliphatic rings. The van der Waals surface area contributed by atoms with E-state index in [9.17, 15) is 4.79 Å². The predicted octanol–water partition coefficient (Wildman–Crippen LogP) is 4.64. The van der Waals surface area contributed by atoms with Crippen LogP contribution in [0.2, 0.25) is 5.02 Å². The maximum Gasteiger partial charge on any atom is 0.259 e. The number of aromatic nitrogens is 1. The van der Waals surface area contributed by atoms with Crippen molar-refractivity contribution in [2.24, 2.45) is 0 Å². The number of halogens is 1. The third-order valence-electron chi connectivity index (χ3n) is 3.91. The van der Waals surface area contributed by atoms with E-state index in [1.54, 1.807) is 24.0 Å². The number of carbonyl (C=O) groups is 1. The first-order valence-corrected chi connectivity index (χ1v) is 8.68. The second-order valence-corrected chi connectivity index (χ2v) is 6.87. The van der Waals surface area contributed by atoms with Crippen LogP contribution in [0.25, 0.3) is 10.9 Å². The monoisotopic (exact) mass is 340 g/mol. The lowest BCUT2D eigenvalue weighted by Gasteiger charge is -2.29. The quantitative estimate of drug-likeness (QED) is 0.647. The number of fused-ring (bicyclic) bond motifs is 2. The molecule has 5 heteroatoms. The molecule has 1 aliphatic heterocycles. The van der Waals surface area contributed by atoms with Gasteiger partial charge in [-0.3, -0.25) is 9.78 Å². The normalized spacial score (nSPS) is 13.9. The van der Waals surface area contributed by atoms with Crippen molar-refractivity contribution in [3.63, 3.8) is 0 Å². The molecule has 2 heterocycles. The van der Waals surface area contributed by atoms with Crippen LogP contribution >= 0.6 is 23.4 Å². The zero-order chi connectivity index (χ0) is 15.8. The number of para-hydroxylation sites is 1. The van der Waals surface area contributed by atoms with Crippen LogP contribution in [0, 0.1) is 0 Å². The number of anilines is 1. The highest BCUT2D eigenvalue weighted by Gasteiger charge is 2.25. The van der Waals surface area contributed by atoms with Crippen LogP contribution in [0.1, 0.15) is 10.4 Å². The molecule has 0 spiro atoms. The van der Waals surface area contributed by atoms with E-state index in [0.29, 0.717) is 17.1 Å². The van der Waals surface area contributed by atoms with Crippen LogP contribution in [-0.4, -0.2) is 23.2 Å². The summed E-state index contributed by atoms with van der Waals surface area (Å²) in [5.41, 5.74) is 2.39. The van der Waals surface area contributed by atoms with Gasteiger partial charge >= 0.3 is 0 Å².